The van der Waals surface area contributed by atoms with E-state index >= 15 is 0 Å². The number of hydrogen-bond acceptors (Lipinski definition) is 6. The Balaban J connectivity index is 1.83. The van der Waals surface area contributed by atoms with Crippen LogP contribution in [0.3, 0.4) is 0 Å². The second kappa shape index (κ2) is 7.49. The van der Waals surface area contributed by atoms with E-state index in [9.17, 15) is 0 Å². The fourth-order valence-electron chi connectivity index (χ4n) is 1.39. The molecule has 98 valence electrons. The van der Waals surface area contributed by atoms with Crippen molar-refractivity contribution in [3.63, 3.8) is 0 Å². The third-order valence-electron chi connectivity index (χ3n) is 2.28. The van der Waals surface area contributed by atoms with Gasteiger partial charge in [0.15, 0.2) is 0 Å². The maximum absolute atomic E-state index is 4.97. The second-order valence-electron chi connectivity index (χ2n) is 3.63. The highest BCUT2D eigenvalue weighted by atomic mass is 127. The fraction of sp³-hybridized carbons (Fsp3) is 0.455. The van der Waals surface area contributed by atoms with Gasteiger partial charge in [0.2, 0.25) is 0 Å². The van der Waals surface area contributed by atoms with Gasteiger partial charge in [0, 0.05) is 37.6 Å². The molecule has 2 heterocycles. The van der Waals surface area contributed by atoms with E-state index in [-0.39, 0.29) is 0 Å². The highest BCUT2D eigenvalue weighted by Gasteiger charge is 2.08. The van der Waals surface area contributed by atoms with Gasteiger partial charge in [0.1, 0.15) is 10.0 Å². The predicted molar refractivity (Wildman–Crippen MR) is 84.4 cm³/mol. The zero-order valence-electron chi connectivity index (χ0n) is 9.98. The molecule has 18 heavy (non-hydrogen) atoms. The Bertz CT molecular complexity index is 486. The summed E-state index contributed by atoms with van der Waals surface area (Å²) in [6, 6.07) is 2.15. The largest absolute Gasteiger partial charge is 0.383 e. The average molecular weight is 395 g/mol. The number of aromatic nitrogens is 2. The van der Waals surface area contributed by atoms with Crippen LogP contribution < -0.4 is 5.32 Å². The highest BCUT2D eigenvalue weighted by Crippen LogP contribution is 2.28. The molecule has 0 unspecified atom stereocenters. The number of rotatable bonds is 7. The number of halogens is 1. The van der Waals surface area contributed by atoms with Crippen LogP contribution in [0.25, 0.3) is 10.6 Å². The van der Waals surface area contributed by atoms with Gasteiger partial charge < -0.3 is 10.1 Å². The van der Waals surface area contributed by atoms with E-state index in [0.29, 0.717) is 0 Å². The van der Waals surface area contributed by atoms with E-state index in [1.165, 1.54) is 8.45 Å². The van der Waals surface area contributed by atoms with Gasteiger partial charge in [0.05, 0.1) is 9.49 Å². The predicted octanol–water partition coefficient (Wildman–Crippen LogP) is 2.65. The van der Waals surface area contributed by atoms with Gasteiger partial charge in [-0.05, 0) is 28.7 Å². The number of ether oxygens (including phenoxy) is 1. The summed E-state index contributed by atoms with van der Waals surface area (Å²) >= 11 is 5.73. The van der Waals surface area contributed by atoms with Crippen LogP contribution in [-0.4, -0.2) is 37.0 Å². The van der Waals surface area contributed by atoms with E-state index in [0.717, 1.165) is 36.1 Å². The lowest BCUT2D eigenvalue weighted by Crippen LogP contribution is -2.21. The lowest BCUT2D eigenvalue weighted by atomic mass is 10.4. The van der Waals surface area contributed by atoms with Crippen molar-refractivity contribution in [2.24, 2.45) is 0 Å². The molecule has 0 aliphatic rings. The maximum atomic E-state index is 4.97. The third-order valence-corrected chi connectivity index (χ3v) is 5.10. The molecule has 0 fully saturated rings. The molecule has 2 aromatic rings. The van der Waals surface area contributed by atoms with Crippen molar-refractivity contribution in [2.45, 2.75) is 6.42 Å². The number of nitrogens with one attached hydrogen (secondary N) is 1. The normalized spacial score (nSPS) is 11.0. The first kappa shape index (κ1) is 14.3. The Hall–Kier alpha value is -0.0900. The van der Waals surface area contributed by atoms with Crippen molar-refractivity contribution in [2.75, 3.05) is 26.8 Å². The first-order chi connectivity index (χ1) is 8.79. The van der Waals surface area contributed by atoms with Crippen LogP contribution in [0.2, 0.25) is 0 Å². The first-order valence-electron chi connectivity index (χ1n) is 5.56. The smallest absolute Gasteiger partial charge is 0.148 e. The lowest BCUT2D eigenvalue weighted by molar-refractivity contribution is 0.199. The monoisotopic (exact) mass is 395 g/mol. The summed E-state index contributed by atoms with van der Waals surface area (Å²) in [5, 5.41) is 16.0. The minimum Gasteiger partial charge on any atom is -0.383 e. The Labute approximate surface area is 128 Å². The standard InChI is InChI=1S/C11H14IN3OS2/c1-16-5-4-13-3-2-10-14-15-11(18-10)8-6-9(12)17-7-8/h6-7,13H,2-5H2,1H3. The molecule has 0 saturated carbocycles. The van der Waals surface area contributed by atoms with Crippen LogP contribution in [0.5, 0.6) is 0 Å². The molecule has 0 bridgehead atoms. The summed E-state index contributed by atoms with van der Waals surface area (Å²) in [4.78, 5) is 0. The van der Waals surface area contributed by atoms with Crippen molar-refractivity contribution in [3.8, 4) is 10.6 Å². The number of nitrogens with zero attached hydrogens (tertiary/aromatic N) is 2. The Morgan fingerprint density at radius 1 is 1.39 bits per heavy atom. The van der Waals surface area contributed by atoms with E-state index in [2.05, 4.69) is 49.6 Å². The quantitative estimate of drug-likeness (QED) is 0.579. The minimum absolute atomic E-state index is 0.745. The zero-order valence-corrected chi connectivity index (χ0v) is 13.8. The van der Waals surface area contributed by atoms with Gasteiger partial charge >= 0.3 is 0 Å². The molecule has 0 aromatic carbocycles. The molecule has 0 radical (unpaired) electrons. The van der Waals surface area contributed by atoms with E-state index in [1.807, 2.05) is 0 Å². The Morgan fingerprint density at radius 2 is 2.28 bits per heavy atom. The summed E-state index contributed by atoms with van der Waals surface area (Å²) in [6.07, 6.45) is 0.919. The molecule has 0 atom stereocenters. The second-order valence-corrected chi connectivity index (χ2v) is 7.50. The van der Waals surface area contributed by atoms with Crippen LogP contribution >= 0.6 is 45.3 Å². The van der Waals surface area contributed by atoms with E-state index < -0.39 is 0 Å². The molecule has 4 nitrogen and oxygen atoms in total. The van der Waals surface area contributed by atoms with Crippen molar-refractivity contribution >= 4 is 45.3 Å². The van der Waals surface area contributed by atoms with Gasteiger partial charge in [-0.3, -0.25) is 0 Å². The molecular weight excluding hydrogens is 381 g/mol. The molecule has 2 aromatic heterocycles. The van der Waals surface area contributed by atoms with Crippen LogP contribution in [0.15, 0.2) is 11.4 Å². The fourth-order valence-corrected chi connectivity index (χ4v) is 3.62. The summed E-state index contributed by atoms with van der Waals surface area (Å²) in [7, 11) is 1.71. The summed E-state index contributed by atoms with van der Waals surface area (Å²) in [5.41, 5.74) is 1.18. The molecule has 7 heteroatoms. The number of thiophene rings is 1. The van der Waals surface area contributed by atoms with Gasteiger partial charge in [-0.25, -0.2) is 0 Å². The van der Waals surface area contributed by atoms with Crippen LogP contribution in [0, 0.1) is 2.88 Å². The van der Waals surface area contributed by atoms with Crippen molar-refractivity contribution < 1.29 is 4.74 Å². The summed E-state index contributed by atoms with van der Waals surface area (Å²) in [5.74, 6) is 0. The maximum Gasteiger partial charge on any atom is 0.148 e. The van der Waals surface area contributed by atoms with Gasteiger partial charge in [0.25, 0.3) is 0 Å². The van der Waals surface area contributed by atoms with Gasteiger partial charge in [-0.2, -0.15) is 0 Å². The van der Waals surface area contributed by atoms with Gasteiger partial charge in [-0.1, -0.05) is 11.3 Å². The third kappa shape index (κ3) is 4.23. The number of methoxy groups -OCH3 is 1. The topological polar surface area (TPSA) is 47.0 Å². The Morgan fingerprint density at radius 3 is 3.00 bits per heavy atom. The van der Waals surface area contributed by atoms with Crippen molar-refractivity contribution in [1.82, 2.24) is 15.5 Å². The zero-order chi connectivity index (χ0) is 12.8. The molecule has 0 amide bonds. The van der Waals surface area contributed by atoms with Crippen molar-refractivity contribution in [3.05, 3.63) is 19.3 Å². The lowest BCUT2D eigenvalue weighted by Gasteiger charge is -2.00. The highest BCUT2D eigenvalue weighted by molar-refractivity contribution is 14.1. The summed E-state index contributed by atoms with van der Waals surface area (Å²) < 4.78 is 6.25. The van der Waals surface area contributed by atoms with E-state index in [1.54, 1.807) is 29.8 Å². The van der Waals surface area contributed by atoms with Crippen LogP contribution in [0.1, 0.15) is 5.01 Å². The molecule has 0 spiro atoms. The molecule has 0 aliphatic heterocycles. The molecule has 1 N–H and O–H groups in total. The molecular formula is C11H14IN3OS2. The molecule has 0 aliphatic carbocycles. The van der Waals surface area contributed by atoms with E-state index in [4.69, 9.17) is 4.74 Å². The SMILES string of the molecule is COCCNCCc1nnc(-c2csc(I)c2)s1. The first-order valence-corrected chi connectivity index (χ1v) is 8.33. The molecule has 2 rings (SSSR count). The summed E-state index contributed by atoms with van der Waals surface area (Å²) in [6.45, 7) is 2.54. The number of hydrogen-bond donors (Lipinski definition) is 1. The average Bonchev–Trinajstić information content (AvgIpc) is 2.97. The Kier molecular flexibility index (Phi) is 5.96. The van der Waals surface area contributed by atoms with Crippen molar-refractivity contribution in [1.29, 1.82) is 0 Å². The molecule has 0 saturated heterocycles. The van der Waals surface area contributed by atoms with Crippen LogP contribution in [-0.2, 0) is 11.2 Å². The minimum atomic E-state index is 0.745. The van der Waals surface area contributed by atoms with Gasteiger partial charge in [-0.15, -0.1) is 21.5 Å². The van der Waals surface area contributed by atoms with Crippen LogP contribution in [0.4, 0.5) is 0 Å².